The molecule has 2 aromatic rings. The van der Waals surface area contributed by atoms with E-state index in [0.29, 0.717) is 23.9 Å². The molecular formula is C16H21BrIN3O2S2. The summed E-state index contributed by atoms with van der Waals surface area (Å²) < 4.78 is 25.5. The van der Waals surface area contributed by atoms with E-state index in [1.54, 1.807) is 35.6 Å². The molecule has 0 unspecified atom stereocenters. The fraction of sp³-hybridized carbons (Fsp3) is 0.312. The van der Waals surface area contributed by atoms with Crippen molar-refractivity contribution in [1.82, 2.24) is 10.6 Å². The monoisotopic (exact) mass is 557 g/mol. The number of halogens is 2. The van der Waals surface area contributed by atoms with Gasteiger partial charge in [-0.3, -0.25) is 0 Å². The molecule has 1 heterocycles. The average Bonchev–Trinajstić information content (AvgIpc) is 3.06. The van der Waals surface area contributed by atoms with Crippen molar-refractivity contribution in [3.63, 3.8) is 0 Å². The van der Waals surface area contributed by atoms with Crippen LogP contribution in [-0.2, 0) is 16.4 Å². The van der Waals surface area contributed by atoms with Gasteiger partial charge in [0.1, 0.15) is 0 Å². The van der Waals surface area contributed by atoms with Gasteiger partial charge in [0, 0.05) is 17.6 Å². The lowest BCUT2D eigenvalue weighted by molar-refractivity contribution is 0.594. The van der Waals surface area contributed by atoms with Gasteiger partial charge in [0.25, 0.3) is 0 Å². The minimum absolute atomic E-state index is 0. The third kappa shape index (κ3) is 7.63. The van der Waals surface area contributed by atoms with E-state index in [0.717, 1.165) is 16.6 Å². The molecule has 25 heavy (non-hydrogen) atoms. The van der Waals surface area contributed by atoms with Crippen molar-refractivity contribution >= 4 is 67.0 Å². The van der Waals surface area contributed by atoms with Crippen LogP contribution in [0.15, 0.2) is 55.5 Å². The number of nitrogens with one attached hydrogen (secondary N) is 2. The van der Waals surface area contributed by atoms with Crippen molar-refractivity contribution in [3.05, 3.63) is 51.1 Å². The van der Waals surface area contributed by atoms with Crippen molar-refractivity contribution < 1.29 is 8.42 Å². The topological polar surface area (TPSA) is 70.6 Å². The number of thiophene rings is 1. The van der Waals surface area contributed by atoms with Gasteiger partial charge in [0.15, 0.2) is 15.8 Å². The molecule has 0 aliphatic rings. The van der Waals surface area contributed by atoms with Gasteiger partial charge in [-0.2, -0.15) is 11.3 Å². The summed E-state index contributed by atoms with van der Waals surface area (Å²) in [5, 5.41) is 10.3. The third-order valence-corrected chi connectivity index (χ3v) is 6.17. The number of benzene rings is 1. The first-order valence-corrected chi connectivity index (χ1v) is 10.9. The Bertz CT molecular complexity index is 763. The number of guanidine groups is 1. The molecule has 0 saturated heterocycles. The molecule has 1 aromatic carbocycles. The average molecular weight is 558 g/mol. The van der Waals surface area contributed by atoms with Crippen LogP contribution < -0.4 is 10.6 Å². The third-order valence-electron chi connectivity index (χ3n) is 3.18. The SMILES string of the molecule is CCNC(=NCc1ccsc1)NCCS(=O)(=O)c1ccc(Br)cc1.I. The summed E-state index contributed by atoms with van der Waals surface area (Å²) in [6, 6.07) is 8.69. The second-order valence-corrected chi connectivity index (χ2v) is 8.83. The quantitative estimate of drug-likeness (QED) is 0.310. The van der Waals surface area contributed by atoms with Crippen LogP contribution in [0.5, 0.6) is 0 Å². The number of rotatable bonds is 7. The van der Waals surface area contributed by atoms with E-state index in [1.807, 2.05) is 23.8 Å². The predicted molar refractivity (Wildman–Crippen MR) is 119 cm³/mol. The van der Waals surface area contributed by atoms with E-state index in [4.69, 9.17) is 0 Å². The summed E-state index contributed by atoms with van der Waals surface area (Å²) in [6.45, 7) is 3.56. The maximum Gasteiger partial charge on any atom is 0.191 e. The summed E-state index contributed by atoms with van der Waals surface area (Å²) >= 11 is 4.94. The van der Waals surface area contributed by atoms with Crippen LogP contribution in [0, 0.1) is 0 Å². The molecule has 0 radical (unpaired) electrons. The van der Waals surface area contributed by atoms with E-state index in [2.05, 4.69) is 31.6 Å². The highest BCUT2D eigenvalue weighted by Crippen LogP contribution is 2.15. The van der Waals surface area contributed by atoms with Crippen LogP contribution in [0.25, 0.3) is 0 Å². The van der Waals surface area contributed by atoms with Crippen molar-refractivity contribution in [3.8, 4) is 0 Å². The summed E-state index contributed by atoms with van der Waals surface area (Å²) in [7, 11) is -3.31. The first-order chi connectivity index (χ1) is 11.5. The highest BCUT2D eigenvalue weighted by molar-refractivity contribution is 14.0. The Labute approximate surface area is 178 Å². The molecule has 0 aliphatic carbocycles. The van der Waals surface area contributed by atoms with Crippen LogP contribution in [-0.4, -0.2) is 33.2 Å². The van der Waals surface area contributed by atoms with Gasteiger partial charge in [-0.25, -0.2) is 13.4 Å². The van der Waals surface area contributed by atoms with Gasteiger partial charge in [-0.1, -0.05) is 15.9 Å². The molecule has 0 saturated carbocycles. The van der Waals surface area contributed by atoms with Crippen molar-refractivity contribution in [2.45, 2.75) is 18.4 Å². The summed E-state index contributed by atoms with van der Waals surface area (Å²) in [5.41, 5.74) is 1.14. The fourth-order valence-corrected chi connectivity index (χ4v) is 4.04. The van der Waals surface area contributed by atoms with Crippen LogP contribution in [0.3, 0.4) is 0 Å². The Morgan fingerprint density at radius 3 is 2.52 bits per heavy atom. The number of sulfone groups is 1. The summed E-state index contributed by atoms with van der Waals surface area (Å²) in [5.74, 6) is 0.632. The Kier molecular flexibility index (Phi) is 9.98. The zero-order chi connectivity index (χ0) is 17.4. The van der Waals surface area contributed by atoms with Gasteiger partial charge < -0.3 is 10.6 Å². The molecular weight excluding hydrogens is 537 g/mol. The van der Waals surface area contributed by atoms with E-state index >= 15 is 0 Å². The summed E-state index contributed by atoms with van der Waals surface area (Å²) in [4.78, 5) is 4.79. The first-order valence-electron chi connectivity index (χ1n) is 7.53. The maximum atomic E-state index is 12.3. The van der Waals surface area contributed by atoms with Crippen molar-refractivity contribution in [1.29, 1.82) is 0 Å². The molecule has 138 valence electrons. The minimum atomic E-state index is -3.31. The Morgan fingerprint density at radius 2 is 1.92 bits per heavy atom. The molecule has 0 aliphatic heterocycles. The van der Waals surface area contributed by atoms with Crippen LogP contribution in [0.2, 0.25) is 0 Å². The fourth-order valence-electron chi connectivity index (χ4n) is 1.96. The first kappa shape index (κ1) is 22.4. The second-order valence-electron chi connectivity index (χ2n) is 5.03. The lowest BCUT2D eigenvalue weighted by Crippen LogP contribution is -2.39. The zero-order valence-corrected chi connectivity index (χ0v) is 19.3. The molecule has 0 bridgehead atoms. The molecule has 2 rings (SSSR count). The van der Waals surface area contributed by atoms with E-state index < -0.39 is 9.84 Å². The van der Waals surface area contributed by atoms with Gasteiger partial charge >= 0.3 is 0 Å². The van der Waals surface area contributed by atoms with Crippen LogP contribution in [0.1, 0.15) is 12.5 Å². The number of hydrogen-bond donors (Lipinski definition) is 2. The van der Waals surface area contributed by atoms with Crippen molar-refractivity contribution in [2.75, 3.05) is 18.8 Å². The molecule has 0 atom stereocenters. The lowest BCUT2D eigenvalue weighted by Gasteiger charge is -2.11. The van der Waals surface area contributed by atoms with Gasteiger partial charge in [0.2, 0.25) is 0 Å². The minimum Gasteiger partial charge on any atom is -0.357 e. The van der Waals surface area contributed by atoms with Crippen molar-refractivity contribution in [2.24, 2.45) is 4.99 Å². The van der Waals surface area contributed by atoms with Gasteiger partial charge in [0.05, 0.1) is 17.2 Å². The second kappa shape index (κ2) is 11.1. The highest BCUT2D eigenvalue weighted by atomic mass is 127. The number of nitrogens with zero attached hydrogens (tertiary/aromatic N) is 1. The normalized spacial score (nSPS) is 11.7. The Balaban J connectivity index is 0.00000312. The number of aliphatic imine (C=N–C) groups is 1. The summed E-state index contributed by atoms with van der Waals surface area (Å²) in [6.07, 6.45) is 0. The Hall–Kier alpha value is -0.650. The van der Waals surface area contributed by atoms with E-state index in [9.17, 15) is 8.42 Å². The predicted octanol–water partition coefficient (Wildman–Crippen LogP) is 3.66. The molecule has 0 spiro atoms. The van der Waals surface area contributed by atoms with E-state index in [-0.39, 0.29) is 29.7 Å². The molecule has 0 fully saturated rings. The van der Waals surface area contributed by atoms with Gasteiger partial charge in [-0.15, -0.1) is 24.0 Å². The zero-order valence-electron chi connectivity index (χ0n) is 13.7. The molecule has 5 nitrogen and oxygen atoms in total. The lowest BCUT2D eigenvalue weighted by atomic mass is 10.3. The van der Waals surface area contributed by atoms with Crippen LogP contribution in [0.4, 0.5) is 0 Å². The molecule has 0 amide bonds. The molecule has 9 heteroatoms. The molecule has 2 N–H and O–H groups in total. The van der Waals surface area contributed by atoms with Crippen LogP contribution >= 0.6 is 51.2 Å². The van der Waals surface area contributed by atoms with Gasteiger partial charge in [-0.05, 0) is 53.6 Å². The Morgan fingerprint density at radius 1 is 1.20 bits per heavy atom. The highest BCUT2D eigenvalue weighted by Gasteiger charge is 2.14. The number of hydrogen-bond acceptors (Lipinski definition) is 4. The standard InChI is InChI=1S/C16H20BrN3O2S2.HI/c1-2-18-16(20-11-13-7-9-23-12-13)19-8-10-24(21,22)15-5-3-14(17)4-6-15;/h3-7,9,12H,2,8,10-11H2,1H3,(H2,18,19,20);1H. The smallest absolute Gasteiger partial charge is 0.191 e. The van der Waals surface area contributed by atoms with E-state index in [1.165, 1.54) is 0 Å². The maximum absolute atomic E-state index is 12.3. The molecule has 1 aromatic heterocycles. The largest absolute Gasteiger partial charge is 0.357 e.